The third kappa shape index (κ3) is 3.22. The van der Waals surface area contributed by atoms with E-state index >= 15 is 0 Å². The van der Waals surface area contributed by atoms with Gasteiger partial charge in [0.2, 0.25) is 0 Å². The van der Waals surface area contributed by atoms with Crippen molar-refractivity contribution < 1.29 is 18.8 Å². The van der Waals surface area contributed by atoms with Crippen LogP contribution in [-0.4, -0.2) is 18.2 Å². The van der Waals surface area contributed by atoms with Crippen LogP contribution in [0.1, 0.15) is 15.9 Å². The van der Waals surface area contributed by atoms with Crippen LogP contribution < -0.4 is 15.2 Å². The average molecular weight is 324 g/mol. The number of carbonyl (C=O) groups is 1. The molecule has 122 valence electrons. The largest absolute Gasteiger partial charge is 0.493 e. The molecule has 0 radical (unpaired) electrons. The Labute approximate surface area is 138 Å². The zero-order chi connectivity index (χ0) is 16.9. The van der Waals surface area contributed by atoms with Gasteiger partial charge < -0.3 is 19.7 Å². The first-order chi connectivity index (χ1) is 11.7. The van der Waals surface area contributed by atoms with Crippen molar-refractivity contribution in [2.24, 2.45) is 5.73 Å². The second-order valence-corrected chi connectivity index (χ2v) is 5.08. The predicted molar refractivity (Wildman–Crippen MR) is 87.8 cm³/mol. The van der Waals surface area contributed by atoms with E-state index in [0.717, 1.165) is 5.56 Å². The van der Waals surface area contributed by atoms with Crippen molar-refractivity contribution in [3.05, 3.63) is 65.9 Å². The third-order valence-corrected chi connectivity index (χ3v) is 3.51. The molecular formula is C18H16N2O4. The molecular weight excluding hydrogens is 308 g/mol. The molecule has 0 aliphatic heterocycles. The molecule has 6 nitrogen and oxygen atoms in total. The Kier molecular flexibility index (Phi) is 4.47. The maximum Gasteiger partial charge on any atom is 0.254 e. The smallest absolute Gasteiger partial charge is 0.254 e. The van der Waals surface area contributed by atoms with Crippen LogP contribution in [0.5, 0.6) is 11.5 Å². The van der Waals surface area contributed by atoms with Gasteiger partial charge in [-0.15, -0.1) is 0 Å². The minimum absolute atomic E-state index is 0.218. The quantitative estimate of drug-likeness (QED) is 0.753. The molecule has 0 saturated heterocycles. The Morgan fingerprint density at radius 2 is 1.96 bits per heavy atom. The van der Waals surface area contributed by atoms with E-state index in [1.54, 1.807) is 25.3 Å². The average Bonchev–Trinajstić information content (AvgIpc) is 3.11. The first-order valence-corrected chi connectivity index (χ1v) is 7.28. The van der Waals surface area contributed by atoms with E-state index in [-0.39, 0.29) is 5.56 Å². The molecule has 0 bridgehead atoms. The number of methoxy groups -OCH3 is 1. The van der Waals surface area contributed by atoms with Crippen LogP contribution in [0.4, 0.5) is 0 Å². The number of ether oxygens (including phenoxy) is 2. The van der Waals surface area contributed by atoms with Crippen LogP contribution >= 0.6 is 0 Å². The van der Waals surface area contributed by atoms with Crippen molar-refractivity contribution >= 4 is 5.91 Å². The van der Waals surface area contributed by atoms with Crippen molar-refractivity contribution in [3.63, 3.8) is 0 Å². The second kappa shape index (κ2) is 6.87. The summed E-state index contributed by atoms with van der Waals surface area (Å²) in [5, 5.41) is 3.83. The number of hydrogen-bond acceptors (Lipinski definition) is 5. The summed E-state index contributed by atoms with van der Waals surface area (Å²) < 4.78 is 16.0. The van der Waals surface area contributed by atoms with Crippen LogP contribution in [-0.2, 0) is 6.61 Å². The number of rotatable bonds is 6. The highest BCUT2D eigenvalue weighted by atomic mass is 16.5. The monoisotopic (exact) mass is 324 g/mol. The Morgan fingerprint density at radius 1 is 1.17 bits per heavy atom. The lowest BCUT2D eigenvalue weighted by Crippen LogP contribution is -2.11. The summed E-state index contributed by atoms with van der Waals surface area (Å²) in [4.78, 5) is 11.4. The van der Waals surface area contributed by atoms with E-state index in [4.69, 9.17) is 19.7 Å². The molecule has 0 atom stereocenters. The third-order valence-electron chi connectivity index (χ3n) is 3.51. The van der Waals surface area contributed by atoms with Crippen LogP contribution in [0.25, 0.3) is 11.3 Å². The normalized spacial score (nSPS) is 10.4. The lowest BCUT2D eigenvalue weighted by Gasteiger charge is -2.12. The summed E-state index contributed by atoms with van der Waals surface area (Å²) in [6.07, 6.45) is 1.23. The summed E-state index contributed by atoms with van der Waals surface area (Å²) in [5.41, 5.74) is 7.61. The Bertz CT molecular complexity index is 843. The number of hydrogen-bond donors (Lipinski definition) is 1. The van der Waals surface area contributed by atoms with Gasteiger partial charge in [-0.3, -0.25) is 4.79 Å². The lowest BCUT2D eigenvalue weighted by molar-refractivity contribution is 0.1000. The van der Waals surface area contributed by atoms with Gasteiger partial charge in [0.15, 0.2) is 11.5 Å². The van der Waals surface area contributed by atoms with Crippen molar-refractivity contribution in [1.82, 2.24) is 5.16 Å². The van der Waals surface area contributed by atoms with Gasteiger partial charge in [-0.05, 0) is 23.8 Å². The molecule has 0 aliphatic carbocycles. The summed E-state index contributed by atoms with van der Waals surface area (Å²) in [7, 11) is 1.55. The first kappa shape index (κ1) is 15.6. The maximum absolute atomic E-state index is 11.4. The van der Waals surface area contributed by atoms with Gasteiger partial charge in [-0.2, -0.15) is 0 Å². The molecule has 0 fully saturated rings. The fourth-order valence-corrected chi connectivity index (χ4v) is 2.29. The Balaban J connectivity index is 1.85. The summed E-state index contributed by atoms with van der Waals surface area (Å²) in [5.74, 6) is 0.519. The fraction of sp³-hybridized carbons (Fsp3) is 0.111. The zero-order valence-electron chi connectivity index (χ0n) is 13.1. The molecule has 3 aromatic rings. The number of nitrogens with two attached hydrogens (primary N) is 1. The Hall–Kier alpha value is -3.28. The van der Waals surface area contributed by atoms with Crippen LogP contribution in [0.3, 0.4) is 0 Å². The van der Waals surface area contributed by atoms with E-state index in [9.17, 15) is 4.79 Å². The van der Waals surface area contributed by atoms with E-state index in [2.05, 4.69) is 5.16 Å². The van der Waals surface area contributed by atoms with Crippen LogP contribution in [0.15, 0.2) is 59.3 Å². The van der Waals surface area contributed by atoms with Crippen molar-refractivity contribution in [3.8, 4) is 22.8 Å². The molecule has 0 unspecified atom stereocenters. The van der Waals surface area contributed by atoms with Gasteiger partial charge in [0.1, 0.15) is 24.1 Å². The molecule has 24 heavy (non-hydrogen) atoms. The molecule has 2 aromatic carbocycles. The number of benzene rings is 2. The molecule has 6 heteroatoms. The molecule has 3 rings (SSSR count). The second-order valence-electron chi connectivity index (χ2n) is 5.08. The van der Waals surface area contributed by atoms with E-state index in [0.29, 0.717) is 29.4 Å². The summed E-state index contributed by atoms with van der Waals surface area (Å²) >= 11 is 0. The molecule has 0 saturated carbocycles. The SMILES string of the molecule is COc1cc(-c2nocc2C(N)=O)ccc1OCc1ccccc1. The highest BCUT2D eigenvalue weighted by molar-refractivity contribution is 5.98. The van der Waals surface area contributed by atoms with Crippen molar-refractivity contribution in [2.75, 3.05) is 7.11 Å². The molecule has 0 spiro atoms. The maximum atomic E-state index is 11.4. The van der Waals surface area contributed by atoms with Gasteiger partial charge in [0.05, 0.1) is 7.11 Å². The Morgan fingerprint density at radius 3 is 2.67 bits per heavy atom. The zero-order valence-corrected chi connectivity index (χ0v) is 13.1. The van der Waals surface area contributed by atoms with Crippen molar-refractivity contribution in [1.29, 1.82) is 0 Å². The minimum atomic E-state index is -0.602. The fourth-order valence-electron chi connectivity index (χ4n) is 2.29. The van der Waals surface area contributed by atoms with Crippen LogP contribution in [0.2, 0.25) is 0 Å². The molecule has 2 N–H and O–H groups in total. The number of carbonyl (C=O) groups excluding carboxylic acids is 1. The van der Waals surface area contributed by atoms with E-state index in [1.165, 1.54) is 6.26 Å². The number of primary amides is 1. The molecule has 1 amide bonds. The van der Waals surface area contributed by atoms with Gasteiger partial charge in [-0.1, -0.05) is 35.5 Å². The highest BCUT2D eigenvalue weighted by Crippen LogP contribution is 2.33. The number of amides is 1. The minimum Gasteiger partial charge on any atom is -0.493 e. The standard InChI is InChI=1S/C18H16N2O4/c1-22-16-9-13(17-14(18(19)21)11-24-20-17)7-8-15(16)23-10-12-5-3-2-4-6-12/h2-9,11H,10H2,1H3,(H2,19,21). The van der Waals surface area contributed by atoms with Gasteiger partial charge >= 0.3 is 0 Å². The summed E-state index contributed by atoms with van der Waals surface area (Å²) in [6, 6.07) is 15.1. The topological polar surface area (TPSA) is 87.6 Å². The summed E-state index contributed by atoms with van der Waals surface area (Å²) in [6.45, 7) is 0.424. The predicted octanol–water partition coefficient (Wildman–Crippen LogP) is 3.03. The molecule has 1 aromatic heterocycles. The number of nitrogens with zero attached hydrogens (tertiary/aromatic N) is 1. The first-order valence-electron chi connectivity index (χ1n) is 7.28. The highest BCUT2D eigenvalue weighted by Gasteiger charge is 2.17. The van der Waals surface area contributed by atoms with Gasteiger partial charge in [0.25, 0.3) is 5.91 Å². The van der Waals surface area contributed by atoms with Gasteiger partial charge in [0, 0.05) is 5.56 Å². The van der Waals surface area contributed by atoms with Crippen LogP contribution in [0, 0.1) is 0 Å². The lowest BCUT2D eigenvalue weighted by atomic mass is 10.1. The molecule has 0 aliphatic rings. The number of aromatic nitrogens is 1. The van der Waals surface area contributed by atoms with E-state index < -0.39 is 5.91 Å². The van der Waals surface area contributed by atoms with E-state index in [1.807, 2.05) is 30.3 Å². The van der Waals surface area contributed by atoms with Crippen molar-refractivity contribution in [2.45, 2.75) is 6.61 Å². The van der Waals surface area contributed by atoms with Gasteiger partial charge in [-0.25, -0.2) is 0 Å². The molecule has 1 heterocycles.